The van der Waals surface area contributed by atoms with E-state index in [2.05, 4.69) is 15.5 Å². The fourth-order valence-electron chi connectivity index (χ4n) is 2.08. The second-order valence-corrected chi connectivity index (χ2v) is 4.92. The third-order valence-electron chi connectivity index (χ3n) is 3.41. The summed E-state index contributed by atoms with van der Waals surface area (Å²) < 4.78 is 0. The first-order valence-corrected chi connectivity index (χ1v) is 6.71. The number of aryl methyl sites for hydroxylation is 3. The van der Waals surface area contributed by atoms with Gasteiger partial charge in [0.2, 0.25) is 0 Å². The average molecular weight is 272 g/mol. The Morgan fingerprint density at radius 1 is 1.40 bits per heavy atom. The minimum Gasteiger partial charge on any atom is -0.398 e. The molecule has 0 unspecified atom stereocenters. The number of nitrogens with zero attached hydrogens (tertiary/aromatic N) is 1. The van der Waals surface area contributed by atoms with E-state index in [-0.39, 0.29) is 5.91 Å². The largest absolute Gasteiger partial charge is 0.398 e. The highest BCUT2D eigenvalue weighted by molar-refractivity contribution is 5.99. The van der Waals surface area contributed by atoms with Crippen LogP contribution < -0.4 is 11.1 Å². The van der Waals surface area contributed by atoms with Crippen LogP contribution in [0.2, 0.25) is 0 Å². The van der Waals surface area contributed by atoms with Gasteiger partial charge in [-0.25, -0.2) is 0 Å². The molecule has 1 amide bonds. The topological polar surface area (TPSA) is 83.8 Å². The molecule has 20 heavy (non-hydrogen) atoms. The predicted molar refractivity (Wildman–Crippen MR) is 79.6 cm³/mol. The van der Waals surface area contributed by atoms with Gasteiger partial charge in [-0.1, -0.05) is 12.1 Å². The number of carbonyl (C=O) groups excluding carboxylic acids is 1. The van der Waals surface area contributed by atoms with Crippen LogP contribution in [0, 0.1) is 13.8 Å². The summed E-state index contributed by atoms with van der Waals surface area (Å²) in [5.41, 5.74) is 10.2. The Bertz CT molecular complexity index is 604. The number of hydrogen-bond acceptors (Lipinski definition) is 3. The lowest BCUT2D eigenvalue weighted by atomic mass is 10.1. The highest BCUT2D eigenvalue weighted by atomic mass is 16.1. The Labute approximate surface area is 118 Å². The monoisotopic (exact) mass is 272 g/mol. The van der Waals surface area contributed by atoms with Crippen LogP contribution in [0.3, 0.4) is 0 Å². The number of aromatic amines is 1. The van der Waals surface area contributed by atoms with Crippen LogP contribution in [0.5, 0.6) is 0 Å². The zero-order valence-corrected chi connectivity index (χ0v) is 11.9. The van der Waals surface area contributed by atoms with Crippen LogP contribution in [0.4, 0.5) is 5.69 Å². The Hall–Kier alpha value is -2.30. The van der Waals surface area contributed by atoms with Crippen molar-refractivity contribution in [1.29, 1.82) is 0 Å². The number of nitrogen functional groups attached to an aromatic ring is 1. The molecule has 2 rings (SSSR count). The van der Waals surface area contributed by atoms with Gasteiger partial charge in [-0.3, -0.25) is 9.89 Å². The molecule has 0 aliphatic carbocycles. The van der Waals surface area contributed by atoms with Gasteiger partial charge in [0.1, 0.15) is 0 Å². The number of para-hydroxylation sites is 1. The maximum Gasteiger partial charge on any atom is 0.253 e. The third-order valence-corrected chi connectivity index (χ3v) is 3.41. The number of anilines is 1. The number of carbonyl (C=O) groups is 1. The van der Waals surface area contributed by atoms with Crippen molar-refractivity contribution < 1.29 is 4.79 Å². The summed E-state index contributed by atoms with van der Waals surface area (Å²) in [6.45, 7) is 4.51. The molecule has 1 heterocycles. The summed E-state index contributed by atoms with van der Waals surface area (Å²) in [5, 5.41) is 9.78. The van der Waals surface area contributed by atoms with Crippen LogP contribution in [-0.2, 0) is 6.42 Å². The molecule has 0 radical (unpaired) electrons. The maximum atomic E-state index is 12.0. The molecule has 0 saturated heterocycles. The van der Waals surface area contributed by atoms with Crippen molar-refractivity contribution in [2.24, 2.45) is 0 Å². The number of nitrogens with two attached hydrogens (primary N) is 1. The van der Waals surface area contributed by atoms with E-state index in [1.54, 1.807) is 6.07 Å². The van der Waals surface area contributed by atoms with Gasteiger partial charge < -0.3 is 11.1 Å². The zero-order chi connectivity index (χ0) is 14.5. The van der Waals surface area contributed by atoms with Crippen LogP contribution in [0.1, 0.15) is 33.6 Å². The Balaban J connectivity index is 1.84. The highest BCUT2D eigenvalue weighted by Crippen LogP contribution is 2.16. The van der Waals surface area contributed by atoms with Crippen molar-refractivity contribution in [3.63, 3.8) is 0 Å². The van der Waals surface area contributed by atoms with Crippen molar-refractivity contribution in [2.75, 3.05) is 12.3 Å². The van der Waals surface area contributed by atoms with Gasteiger partial charge in [-0.15, -0.1) is 0 Å². The molecule has 106 valence electrons. The van der Waals surface area contributed by atoms with Crippen molar-refractivity contribution in [3.05, 3.63) is 46.8 Å². The summed E-state index contributed by atoms with van der Waals surface area (Å²) in [5.74, 6) is -0.116. The number of rotatable bonds is 5. The van der Waals surface area contributed by atoms with E-state index >= 15 is 0 Å². The van der Waals surface area contributed by atoms with E-state index in [1.165, 1.54) is 5.56 Å². The number of amides is 1. The van der Waals surface area contributed by atoms with Crippen molar-refractivity contribution >= 4 is 11.6 Å². The van der Waals surface area contributed by atoms with Crippen molar-refractivity contribution in [3.8, 4) is 0 Å². The van der Waals surface area contributed by atoms with Gasteiger partial charge in [0.25, 0.3) is 5.91 Å². The van der Waals surface area contributed by atoms with Gasteiger partial charge in [0.15, 0.2) is 0 Å². The zero-order valence-electron chi connectivity index (χ0n) is 11.9. The first kappa shape index (κ1) is 14.1. The van der Waals surface area contributed by atoms with Gasteiger partial charge in [0, 0.05) is 17.9 Å². The van der Waals surface area contributed by atoms with Crippen molar-refractivity contribution in [2.45, 2.75) is 26.7 Å². The van der Waals surface area contributed by atoms with E-state index in [9.17, 15) is 4.79 Å². The summed E-state index contributed by atoms with van der Waals surface area (Å²) >= 11 is 0. The summed E-state index contributed by atoms with van der Waals surface area (Å²) in [6.07, 6.45) is 3.60. The quantitative estimate of drug-likeness (QED) is 0.574. The molecule has 0 fully saturated rings. The van der Waals surface area contributed by atoms with Crippen LogP contribution >= 0.6 is 0 Å². The smallest absolute Gasteiger partial charge is 0.253 e. The minimum absolute atomic E-state index is 0.116. The molecular formula is C15H20N4O. The molecule has 1 aromatic carbocycles. The SMILES string of the molecule is Cc1cccc(C(=O)NCCCc2cn[nH]c2C)c1N. The number of hydrogen-bond donors (Lipinski definition) is 3. The first-order valence-electron chi connectivity index (χ1n) is 6.71. The molecule has 0 bridgehead atoms. The molecule has 4 N–H and O–H groups in total. The second kappa shape index (κ2) is 6.23. The van der Waals surface area contributed by atoms with Gasteiger partial charge in [0.05, 0.1) is 11.8 Å². The fraction of sp³-hybridized carbons (Fsp3) is 0.333. The number of aromatic nitrogens is 2. The average Bonchev–Trinajstić information content (AvgIpc) is 2.83. The molecule has 0 atom stereocenters. The lowest BCUT2D eigenvalue weighted by Gasteiger charge is -2.09. The predicted octanol–water partition coefficient (Wildman–Crippen LogP) is 1.97. The van der Waals surface area contributed by atoms with E-state index in [4.69, 9.17) is 5.73 Å². The van der Waals surface area contributed by atoms with E-state index in [1.807, 2.05) is 32.2 Å². The first-order chi connectivity index (χ1) is 9.59. The van der Waals surface area contributed by atoms with Crippen molar-refractivity contribution in [1.82, 2.24) is 15.5 Å². The van der Waals surface area contributed by atoms with Crippen LogP contribution in [0.25, 0.3) is 0 Å². The third kappa shape index (κ3) is 3.17. The molecule has 5 nitrogen and oxygen atoms in total. The number of nitrogens with one attached hydrogen (secondary N) is 2. The molecule has 1 aromatic heterocycles. The lowest BCUT2D eigenvalue weighted by Crippen LogP contribution is -2.25. The van der Waals surface area contributed by atoms with Crippen LogP contribution in [0.15, 0.2) is 24.4 Å². The Morgan fingerprint density at radius 3 is 2.90 bits per heavy atom. The molecular weight excluding hydrogens is 252 g/mol. The molecule has 5 heteroatoms. The fourth-order valence-corrected chi connectivity index (χ4v) is 2.08. The lowest BCUT2D eigenvalue weighted by molar-refractivity contribution is 0.0954. The van der Waals surface area contributed by atoms with Gasteiger partial charge in [-0.05, 0) is 43.9 Å². The Morgan fingerprint density at radius 2 is 2.20 bits per heavy atom. The maximum absolute atomic E-state index is 12.0. The highest BCUT2D eigenvalue weighted by Gasteiger charge is 2.10. The van der Waals surface area contributed by atoms with Crippen LogP contribution in [-0.4, -0.2) is 22.6 Å². The molecule has 0 saturated carbocycles. The van der Waals surface area contributed by atoms with E-state index < -0.39 is 0 Å². The number of benzene rings is 1. The minimum atomic E-state index is -0.116. The standard InChI is InChI=1S/C15H20N4O/c1-10-5-3-7-13(14(10)16)15(20)17-8-4-6-12-9-18-19-11(12)2/h3,5,7,9H,4,6,8,16H2,1-2H3,(H,17,20)(H,18,19). The van der Waals surface area contributed by atoms with E-state index in [0.29, 0.717) is 17.8 Å². The molecule has 0 aliphatic heterocycles. The summed E-state index contributed by atoms with van der Waals surface area (Å²) in [7, 11) is 0. The second-order valence-electron chi connectivity index (χ2n) is 4.92. The summed E-state index contributed by atoms with van der Waals surface area (Å²) in [6, 6.07) is 5.49. The van der Waals surface area contributed by atoms with Gasteiger partial charge >= 0.3 is 0 Å². The Kier molecular flexibility index (Phi) is 4.40. The number of H-pyrrole nitrogens is 1. The molecule has 0 spiro atoms. The molecule has 2 aromatic rings. The normalized spacial score (nSPS) is 10.5. The van der Waals surface area contributed by atoms with E-state index in [0.717, 1.165) is 24.1 Å². The summed E-state index contributed by atoms with van der Waals surface area (Å²) in [4.78, 5) is 12.0. The molecule has 0 aliphatic rings. The van der Waals surface area contributed by atoms with Gasteiger partial charge in [-0.2, -0.15) is 5.10 Å².